The molecule has 8 aromatic rings. The highest BCUT2D eigenvalue weighted by Gasteiger charge is 2.51. The predicted octanol–water partition coefficient (Wildman–Crippen LogP) is 12.0. The van der Waals surface area contributed by atoms with Crippen molar-refractivity contribution in [3.8, 4) is 39.8 Å². The SMILES string of the molecule is N#Cc1cccc(-c2ccc3c(c2)-c2cc(C4=CC(c5cccc6ccccc56)N=C(c5ccccc5)N4)ccc2C32c3ccccc3Oc3ccccc32)c1. The number of hydrogen-bond acceptors (Lipinski definition) is 4. The van der Waals surface area contributed by atoms with Gasteiger partial charge in [0.1, 0.15) is 17.3 Å². The lowest BCUT2D eigenvalue weighted by Crippen LogP contribution is -2.32. The molecule has 1 atom stereocenters. The van der Waals surface area contributed by atoms with Gasteiger partial charge in [0.15, 0.2) is 0 Å². The molecule has 56 heavy (non-hydrogen) atoms. The van der Waals surface area contributed by atoms with Crippen LogP contribution >= 0.6 is 0 Å². The zero-order chi connectivity index (χ0) is 37.2. The molecule has 1 unspecified atom stereocenters. The van der Waals surface area contributed by atoms with Crippen LogP contribution < -0.4 is 10.1 Å². The van der Waals surface area contributed by atoms with Gasteiger partial charge < -0.3 is 10.1 Å². The van der Waals surface area contributed by atoms with Crippen LogP contribution in [0.5, 0.6) is 11.5 Å². The van der Waals surface area contributed by atoms with Gasteiger partial charge in [-0.2, -0.15) is 5.26 Å². The van der Waals surface area contributed by atoms with Crippen molar-refractivity contribution in [1.29, 1.82) is 5.26 Å². The lowest BCUT2D eigenvalue weighted by molar-refractivity contribution is 0.436. The summed E-state index contributed by atoms with van der Waals surface area (Å²) in [7, 11) is 0. The summed E-state index contributed by atoms with van der Waals surface area (Å²) in [5.74, 6) is 2.56. The summed E-state index contributed by atoms with van der Waals surface area (Å²) in [6.07, 6.45) is 2.27. The highest BCUT2D eigenvalue weighted by atomic mass is 16.5. The third-order valence-corrected chi connectivity index (χ3v) is 11.6. The topological polar surface area (TPSA) is 57.4 Å². The average Bonchev–Trinajstić information content (AvgIpc) is 3.55. The van der Waals surface area contributed by atoms with E-state index >= 15 is 0 Å². The molecule has 2 heterocycles. The van der Waals surface area contributed by atoms with Crippen molar-refractivity contribution in [2.45, 2.75) is 11.5 Å². The first kappa shape index (κ1) is 32.0. The van der Waals surface area contributed by atoms with Gasteiger partial charge in [-0.1, -0.05) is 146 Å². The van der Waals surface area contributed by atoms with Crippen LogP contribution in [0, 0.1) is 11.3 Å². The fraction of sp³-hybridized carbons (Fsp3) is 0.0385. The van der Waals surface area contributed by atoms with Crippen LogP contribution in [0.25, 0.3) is 38.7 Å². The van der Waals surface area contributed by atoms with Crippen molar-refractivity contribution < 1.29 is 4.74 Å². The van der Waals surface area contributed by atoms with Crippen molar-refractivity contribution in [3.63, 3.8) is 0 Å². The Kier molecular flexibility index (Phi) is 7.17. The predicted molar refractivity (Wildman–Crippen MR) is 225 cm³/mol. The van der Waals surface area contributed by atoms with Crippen LogP contribution in [0.2, 0.25) is 0 Å². The second kappa shape index (κ2) is 12.6. The summed E-state index contributed by atoms with van der Waals surface area (Å²) in [5.41, 5.74) is 13.4. The number of hydrogen-bond donors (Lipinski definition) is 1. The Morgan fingerprint density at radius 2 is 1.14 bits per heavy atom. The molecular weight excluding hydrogens is 683 g/mol. The maximum Gasteiger partial charge on any atom is 0.133 e. The molecule has 262 valence electrons. The van der Waals surface area contributed by atoms with Crippen LogP contribution in [-0.2, 0) is 5.41 Å². The fourth-order valence-corrected chi connectivity index (χ4v) is 9.14. The third kappa shape index (κ3) is 4.81. The number of amidine groups is 1. The molecule has 3 aliphatic rings. The standard InChI is InChI=1S/C52H33N3O/c53-32-33-12-10-17-36(28-33)37-24-26-43-41(29-37)42-30-38(25-27-44(42)52(43)45-20-6-8-22-49(45)56-50-23-9-7-21-46(50)52)47-31-48(55-51(54-47)35-14-2-1-3-15-35)40-19-11-16-34-13-4-5-18-39(34)40/h1-31,48H,(H,54,55). The number of rotatable bonds is 4. The lowest BCUT2D eigenvalue weighted by atomic mass is 9.66. The third-order valence-electron chi connectivity index (χ3n) is 11.6. The maximum absolute atomic E-state index is 9.75. The summed E-state index contributed by atoms with van der Waals surface area (Å²) < 4.78 is 6.61. The number of nitrogens with zero attached hydrogens (tertiary/aromatic N) is 2. The molecule has 0 fully saturated rings. The Balaban J connectivity index is 1.15. The second-order valence-electron chi connectivity index (χ2n) is 14.6. The molecule has 0 bridgehead atoms. The van der Waals surface area contributed by atoms with Crippen molar-refractivity contribution in [1.82, 2.24) is 5.32 Å². The Bertz CT molecular complexity index is 2960. The van der Waals surface area contributed by atoms with E-state index in [-0.39, 0.29) is 6.04 Å². The number of fused-ring (bicyclic) bond motifs is 10. The van der Waals surface area contributed by atoms with Crippen molar-refractivity contribution in [2.75, 3.05) is 0 Å². The molecule has 0 aromatic heterocycles. The minimum Gasteiger partial charge on any atom is -0.457 e. The molecule has 1 spiro atoms. The van der Waals surface area contributed by atoms with E-state index in [1.54, 1.807) is 0 Å². The smallest absolute Gasteiger partial charge is 0.133 e. The van der Waals surface area contributed by atoms with Gasteiger partial charge >= 0.3 is 0 Å². The van der Waals surface area contributed by atoms with Crippen LogP contribution in [0.1, 0.15) is 50.5 Å². The Labute approximate surface area is 325 Å². The van der Waals surface area contributed by atoms with Crippen molar-refractivity contribution in [3.05, 3.63) is 233 Å². The molecule has 11 rings (SSSR count). The lowest BCUT2D eigenvalue weighted by Gasteiger charge is -2.39. The monoisotopic (exact) mass is 715 g/mol. The van der Waals surface area contributed by atoms with Gasteiger partial charge in [0.2, 0.25) is 0 Å². The van der Waals surface area contributed by atoms with E-state index < -0.39 is 5.41 Å². The molecule has 4 heteroatoms. The van der Waals surface area contributed by atoms with Gasteiger partial charge in [0.25, 0.3) is 0 Å². The normalized spacial score (nSPS) is 15.6. The first-order valence-corrected chi connectivity index (χ1v) is 19.0. The highest BCUT2D eigenvalue weighted by molar-refractivity contribution is 6.05. The zero-order valence-electron chi connectivity index (χ0n) is 30.3. The van der Waals surface area contributed by atoms with Gasteiger partial charge in [-0.25, -0.2) is 0 Å². The maximum atomic E-state index is 9.75. The van der Waals surface area contributed by atoms with E-state index in [0.29, 0.717) is 5.56 Å². The van der Waals surface area contributed by atoms with E-state index in [4.69, 9.17) is 9.73 Å². The summed E-state index contributed by atoms with van der Waals surface area (Å²) in [5, 5.41) is 15.9. The van der Waals surface area contributed by atoms with E-state index in [9.17, 15) is 5.26 Å². The number of nitrogens with one attached hydrogen (secondary N) is 1. The minimum absolute atomic E-state index is 0.201. The van der Waals surface area contributed by atoms with Crippen molar-refractivity contribution in [2.24, 2.45) is 4.99 Å². The number of benzene rings is 8. The van der Waals surface area contributed by atoms with Gasteiger partial charge in [-0.15, -0.1) is 0 Å². The molecule has 1 aliphatic carbocycles. The van der Waals surface area contributed by atoms with Gasteiger partial charge in [-0.05, 0) is 97.8 Å². The summed E-state index contributed by atoms with van der Waals surface area (Å²) in [6.45, 7) is 0. The molecular formula is C52H33N3O. The van der Waals surface area contributed by atoms with Crippen molar-refractivity contribution >= 4 is 22.3 Å². The first-order valence-electron chi connectivity index (χ1n) is 19.0. The van der Waals surface area contributed by atoms with E-state index in [0.717, 1.165) is 67.5 Å². The van der Waals surface area contributed by atoms with Gasteiger partial charge in [0.05, 0.1) is 23.1 Å². The minimum atomic E-state index is -0.599. The Morgan fingerprint density at radius 3 is 1.91 bits per heavy atom. The highest BCUT2D eigenvalue weighted by Crippen LogP contribution is 2.62. The van der Waals surface area contributed by atoms with Crippen LogP contribution in [0.4, 0.5) is 0 Å². The Hall–Kier alpha value is -7.48. The van der Waals surface area contributed by atoms with Crippen LogP contribution in [0.15, 0.2) is 193 Å². The molecule has 0 radical (unpaired) electrons. The molecule has 8 aromatic carbocycles. The fourth-order valence-electron chi connectivity index (χ4n) is 9.14. The molecule has 1 N–H and O–H groups in total. The molecule has 0 saturated carbocycles. The largest absolute Gasteiger partial charge is 0.457 e. The zero-order valence-corrected chi connectivity index (χ0v) is 30.3. The summed E-state index contributed by atoms with van der Waals surface area (Å²) in [4.78, 5) is 5.33. The number of aliphatic imine (C=N–C) groups is 1. The molecule has 2 aliphatic heterocycles. The molecule has 0 amide bonds. The first-order chi connectivity index (χ1) is 27.7. The number of para-hydroxylation sites is 2. The van der Waals surface area contributed by atoms with Gasteiger partial charge in [0, 0.05) is 22.4 Å². The van der Waals surface area contributed by atoms with E-state index in [1.807, 2.05) is 36.4 Å². The number of nitriles is 1. The van der Waals surface area contributed by atoms with Gasteiger partial charge in [-0.3, -0.25) is 4.99 Å². The number of ether oxygens (including phenoxy) is 1. The Morgan fingerprint density at radius 1 is 0.536 bits per heavy atom. The van der Waals surface area contributed by atoms with Crippen LogP contribution in [0.3, 0.4) is 0 Å². The van der Waals surface area contributed by atoms with E-state index in [1.165, 1.54) is 27.5 Å². The summed E-state index contributed by atoms with van der Waals surface area (Å²) in [6, 6.07) is 66.0. The average molecular weight is 716 g/mol. The second-order valence-corrected chi connectivity index (χ2v) is 14.6. The van der Waals surface area contributed by atoms with E-state index in [2.05, 4.69) is 163 Å². The summed E-state index contributed by atoms with van der Waals surface area (Å²) >= 11 is 0. The molecule has 4 nitrogen and oxygen atoms in total. The molecule has 0 saturated heterocycles. The van der Waals surface area contributed by atoms with Crippen LogP contribution in [-0.4, -0.2) is 5.84 Å². The quantitative estimate of drug-likeness (QED) is 0.197.